The number of aromatic nitrogens is 3. The molecule has 0 bridgehead atoms. The lowest BCUT2D eigenvalue weighted by molar-refractivity contribution is -0.384. The van der Waals surface area contributed by atoms with E-state index in [0.29, 0.717) is 23.2 Å². The summed E-state index contributed by atoms with van der Waals surface area (Å²) in [5.74, 6) is 1.32. The SMILES string of the molecule is CCn1c(COc2ccc(C)cc2)nnc1SCC(=O)Nc1ccc([N+](=O)[O-])cc1. The second-order valence-corrected chi connectivity index (χ2v) is 7.33. The van der Waals surface area contributed by atoms with Gasteiger partial charge in [-0.1, -0.05) is 29.5 Å². The molecule has 156 valence electrons. The van der Waals surface area contributed by atoms with E-state index >= 15 is 0 Å². The Morgan fingerprint density at radius 3 is 2.50 bits per heavy atom. The summed E-state index contributed by atoms with van der Waals surface area (Å²) >= 11 is 1.27. The van der Waals surface area contributed by atoms with Crippen molar-refractivity contribution >= 4 is 29.0 Å². The van der Waals surface area contributed by atoms with Gasteiger partial charge in [0.1, 0.15) is 12.4 Å². The van der Waals surface area contributed by atoms with Crippen molar-refractivity contribution in [3.8, 4) is 5.75 Å². The van der Waals surface area contributed by atoms with E-state index in [1.165, 1.54) is 36.0 Å². The molecule has 0 saturated heterocycles. The molecule has 30 heavy (non-hydrogen) atoms. The Kier molecular flexibility index (Phi) is 7.02. The third-order valence-corrected chi connectivity index (χ3v) is 5.16. The largest absolute Gasteiger partial charge is 0.486 e. The van der Waals surface area contributed by atoms with E-state index in [9.17, 15) is 14.9 Å². The second-order valence-electron chi connectivity index (χ2n) is 6.39. The molecule has 1 heterocycles. The zero-order chi connectivity index (χ0) is 21.5. The van der Waals surface area contributed by atoms with Crippen molar-refractivity contribution in [2.45, 2.75) is 32.2 Å². The number of hydrogen-bond donors (Lipinski definition) is 1. The first-order chi connectivity index (χ1) is 14.5. The Balaban J connectivity index is 1.55. The number of carbonyl (C=O) groups excluding carboxylic acids is 1. The number of rotatable bonds is 9. The summed E-state index contributed by atoms with van der Waals surface area (Å²) in [4.78, 5) is 22.4. The number of hydrogen-bond acceptors (Lipinski definition) is 7. The minimum absolute atomic E-state index is 0.0289. The van der Waals surface area contributed by atoms with Gasteiger partial charge in [0.2, 0.25) is 5.91 Å². The number of anilines is 1. The summed E-state index contributed by atoms with van der Waals surface area (Å²) in [6.45, 7) is 4.91. The Morgan fingerprint density at radius 1 is 1.17 bits per heavy atom. The molecule has 0 unspecified atom stereocenters. The highest BCUT2D eigenvalue weighted by Crippen LogP contribution is 2.20. The standard InChI is InChI=1S/C20H21N5O4S/c1-3-24-18(12-29-17-10-4-14(2)5-11-17)22-23-20(24)30-13-19(26)21-15-6-8-16(9-7-15)25(27)28/h4-11H,3,12-13H2,1-2H3,(H,21,26). The summed E-state index contributed by atoms with van der Waals surface area (Å²) < 4.78 is 7.67. The third kappa shape index (κ3) is 5.57. The highest BCUT2D eigenvalue weighted by molar-refractivity contribution is 7.99. The third-order valence-electron chi connectivity index (χ3n) is 4.19. The van der Waals surface area contributed by atoms with Gasteiger partial charge in [-0.05, 0) is 38.1 Å². The molecule has 2 aromatic carbocycles. The molecule has 0 fully saturated rings. The lowest BCUT2D eigenvalue weighted by Crippen LogP contribution is -2.15. The lowest BCUT2D eigenvalue weighted by Gasteiger charge is -2.09. The van der Waals surface area contributed by atoms with Crippen molar-refractivity contribution < 1.29 is 14.5 Å². The Bertz CT molecular complexity index is 1020. The van der Waals surface area contributed by atoms with Crippen LogP contribution in [0, 0.1) is 17.0 Å². The van der Waals surface area contributed by atoms with Gasteiger partial charge in [0.15, 0.2) is 11.0 Å². The van der Waals surface area contributed by atoms with Gasteiger partial charge in [0, 0.05) is 24.4 Å². The highest BCUT2D eigenvalue weighted by Gasteiger charge is 2.14. The number of ether oxygens (including phenoxy) is 1. The monoisotopic (exact) mass is 427 g/mol. The quantitative estimate of drug-likeness (QED) is 0.314. The molecule has 1 aromatic heterocycles. The maximum Gasteiger partial charge on any atom is 0.269 e. The van der Waals surface area contributed by atoms with Crippen LogP contribution in [0.1, 0.15) is 18.3 Å². The first-order valence-electron chi connectivity index (χ1n) is 9.25. The summed E-state index contributed by atoms with van der Waals surface area (Å²) in [6, 6.07) is 13.4. The van der Waals surface area contributed by atoms with Crippen LogP contribution in [0.15, 0.2) is 53.7 Å². The van der Waals surface area contributed by atoms with E-state index in [1.807, 2.05) is 42.7 Å². The minimum atomic E-state index is -0.487. The van der Waals surface area contributed by atoms with E-state index in [2.05, 4.69) is 15.5 Å². The topological polar surface area (TPSA) is 112 Å². The van der Waals surface area contributed by atoms with Gasteiger partial charge in [0.25, 0.3) is 5.69 Å². The Hall–Kier alpha value is -3.40. The van der Waals surface area contributed by atoms with Gasteiger partial charge in [-0.3, -0.25) is 14.9 Å². The van der Waals surface area contributed by atoms with Crippen LogP contribution < -0.4 is 10.1 Å². The van der Waals surface area contributed by atoms with Crippen LogP contribution in [0.5, 0.6) is 5.75 Å². The van der Waals surface area contributed by atoms with E-state index in [4.69, 9.17) is 4.74 Å². The van der Waals surface area contributed by atoms with Crippen LogP contribution in [0.25, 0.3) is 0 Å². The van der Waals surface area contributed by atoms with Crippen molar-refractivity contribution in [2.75, 3.05) is 11.1 Å². The Labute approximate surface area is 177 Å². The summed E-state index contributed by atoms with van der Waals surface area (Å²) in [5.41, 5.74) is 1.62. The van der Waals surface area contributed by atoms with E-state index < -0.39 is 4.92 Å². The van der Waals surface area contributed by atoms with Gasteiger partial charge < -0.3 is 14.6 Å². The predicted molar refractivity (Wildman–Crippen MR) is 114 cm³/mol. The van der Waals surface area contributed by atoms with Crippen LogP contribution in [-0.2, 0) is 17.9 Å². The van der Waals surface area contributed by atoms with Crippen LogP contribution in [0.2, 0.25) is 0 Å². The number of nitrogens with zero attached hydrogens (tertiary/aromatic N) is 4. The second kappa shape index (κ2) is 9.88. The number of nitrogens with one attached hydrogen (secondary N) is 1. The zero-order valence-corrected chi connectivity index (χ0v) is 17.4. The molecule has 3 rings (SSSR count). The molecular weight excluding hydrogens is 406 g/mol. The van der Waals surface area contributed by atoms with Crippen molar-refractivity contribution in [1.82, 2.24) is 14.8 Å². The summed E-state index contributed by atoms with van der Waals surface area (Å²) in [6.07, 6.45) is 0. The summed E-state index contributed by atoms with van der Waals surface area (Å²) in [7, 11) is 0. The van der Waals surface area contributed by atoms with Crippen molar-refractivity contribution in [2.24, 2.45) is 0 Å². The van der Waals surface area contributed by atoms with Crippen LogP contribution in [0.4, 0.5) is 11.4 Å². The molecule has 0 spiro atoms. The highest BCUT2D eigenvalue weighted by atomic mass is 32.2. The maximum absolute atomic E-state index is 12.2. The molecular formula is C20H21N5O4S. The van der Waals surface area contributed by atoms with Gasteiger partial charge in [-0.2, -0.15) is 0 Å². The normalized spacial score (nSPS) is 10.6. The fourth-order valence-electron chi connectivity index (χ4n) is 2.63. The number of carbonyl (C=O) groups is 1. The summed E-state index contributed by atoms with van der Waals surface area (Å²) in [5, 5.41) is 22.4. The molecule has 10 heteroatoms. The molecule has 0 radical (unpaired) electrons. The first-order valence-corrected chi connectivity index (χ1v) is 10.2. The van der Waals surface area contributed by atoms with Crippen molar-refractivity contribution in [3.05, 3.63) is 70.0 Å². The maximum atomic E-state index is 12.2. The van der Waals surface area contributed by atoms with Gasteiger partial charge in [-0.15, -0.1) is 10.2 Å². The number of aryl methyl sites for hydroxylation is 1. The first kappa shape index (κ1) is 21.3. The number of non-ortho nitro benzene ring substituents is 1. The molecule has 0 saturated carbocycles. The van der Waals surface area contributed by atoms with E-state index in [1.54, 1.807) is 0 Å². The molecule has 9 nitrogen and oxygen atoms in total. The fourth-order valence-corrected chi connectivity index (χ4v) is 3.45. The van der Waals surface area contributed by atoms with E-state index in [0.717, 1.165) is 11.3 Å². The van der Waals surface area contributed by atoms with E-state index in [-0.39, 0.29) is 24.0 Å². The molecule has 0 atom stereocenters. The van der Waals surface area contributed by atoms with Crippen LogP contribution in [0.3, 0.4) is 0 Å². The number of thioether (sulfide) groups is 1. The zero-order valence-electron chi connectivity index (χ0n) is 16.6. The fraction of sp³-hybridized carbons (Fsp3) is 0.250. The van der Waals surface area contributed by atoms with Gasteiger partial charge >= 0.3 is 0 Å². The smallest absolute Gasteiger partial charge is 0.269 e. The van der Waals surface area contributed by atoms with Crippen LogP contribution >= 0.6 is 11.8 Å². The minimum Gasteiger partial charge on any atom is -0.486 e. The van der Waals surface area contributed by atoms with Crippen molar-refractivity contribution in [3.63, 3.8) is 0 Å². The van der Waals surface area contributed by atoms with Gasteiger partial charge in [0.05, 0.1) is 10.7 Å². The van der Waals surface area contributed by atoms with Crippen LogP contribution in [-0.4, -0.2) is 31.3 Å². The average molecular weight is 427 g/mol. The molecule has 0 aliphatic rings. The van der Waals surface area contributed by atoms with Gasteiger partial charge in [-0.25, -0.2) is 0 Å². The number of amides is 1. The number of benzene rings is 2. The number of nitro benzene ring substituents is 1. The lowest BCUT2D eigenvalue weighted by atomic mass is 10.2. The molecule has 3 aromatic rings. The van der Waals surface area contributed by atoms with Crippen molar-refractivity contribution in [1.29, 1.82) is 0 Å². The Morgan fingerprint density at radius 2 is 1.87 bits per heavy atom. The molecule has 1 N–H and O–H groups in total. The average Bonchev–Trinajstić information content (AvgIpc) is 3.14. The molecule has 0 aliphatic carbocycles. The molecule has 0 aliphatic heterocycles. The number of nitro groups is 1. The molecule has 1 amide bonds. The predicted octanol–water partition coefficient (Wildman–Crippen LogP) is 3.82.